The SMILES string of the molecule is CC[N+]1(c2ccccc2C)CCCC1. The smallest absolute Gasteiger partial charge is 0.135 e. The summed E-state index contributed by atoms with van der Waals surface area (Å²) in [6.45, 7) is 8.47. The average molecular weight is 190 g/mol. The minimum atomic E-state index is 1.21. The van der Waals surface area contributed by atoms with Crippen molar-refractivity contribution < 1.29 is 0 Å². The van der Waals surface area contributed by atoms with Crippen LogP contribution in [0.2, 0.25) is 0 Å². The first-order valence-electron chi connectivity index (χ1n) is 5.71. The molecule has 1 aliphatic rings. The fraction of sp³-hybridized carbons (Fsp3) is 0.538. The Balaban J connectivity index is 2.41. The third-order valence-electron chi connectivity index (χ3n) is 3.65. The molecule has 1 aliphatic heterocycles. The van der Waals surface area contributed by atoms with Gasteiger partial charge in [0.2, 0.25) is 0 Å². The zero-order valence-corrected chi connectivity index (χ0v) is 9.29. The lowest BCUT2D eigenvalue weighted by Crippen LogP contribution is -2.46. The molecular weight excluding hydrogens is 170 g/mol. The summed E-state index contributed by atoms with van der Waals surface area (Å²) in [5.41, 5.74) is 3.00. The Hall–Kier alpha value is -0.820. The standard InChI is InChI=1S/C13H20N/c1-3-14(10-6-7-11-14)13-9-5-4-8-12(13)2/h4-5,8-9H,3,6-7,10-11H2,1-2H3/q+1. The highest BCUT2D eigenvalue weighted by Crippen LogP contribution is 2.31. The maximum atomic E-state index is 2.32. The van der Waals surface area contributed by atoms with E-state index < -0.39 is 0 Å². The summed E-state index contributed by atoms with van der Waals surface area (Å²) in [4.78, 5) is 0. The molecule has 0 saturated carbocycles. The zero-order chi connectivity index (χ0) is 10.0. The number of rotatable bonds is 2. The van der Waals surface area contributed by atoms with Crippen molar-refractivity contribution in [3.63, 3.8) is 0 Å². The molecule has 1 saturated heterocycles. The van der Waals surface area contributed by atoms with Crippen molar-refractivity contribution >= 4 is 5.69 Å². The van der Waals surface area contributed by atoms with Crippen LogP contribution in [-0.4, -0.2) is 19.6 Å². The third kappa shape index (κ3) is 1.46. The van der Waals surface area contributed by atoms with E-state index in [1.165, 1.54) is 42.5 Å². The quantitative estimate of drug-likeness (QED) is 0.629. The summed E-state index contributed by atoms with van der Waals surface area (Å²) >= 11 is 0. The monoisotopic (exact) mass is 190 g/mol. The van der Waals surface area contributed by atoms with E-state index in [-0.39, 0.29) is 0 Å². The number of benzene rings is 1. The van der Waals surface area contributed by atoms with Crippen molar-refractivity contribution in [1.29, 1.82) is 0 Å². The molecule has 0 unspecified atom stereocenters. The lowest BCUT2D eigenvalue weighted by molar-refractivity contribution is 0.349. The maximum Gasteiger partial charge on any atom is 0.135 e. The highest BCUT2D eigenvalue weighted by Gasteiger charge is 2.33. The van der Waals surface area contributed by atoms with Crippen molar-refractivity contribution in [2.24, 2.45) is 0 Å². The van der Waals surface area contributed by atoms with E-state index >= 15 is 0 Å². The van der Waals surface area contributed by atoms with Gasteiger partial charge in [-0.1, -0.05) is 18.2 Å². The van der Waals surface area contributed by atoms with Crippen LogP contribution in [0.25, 0.3) is 0 Å². The van der Waals surface area contributed by atoms with Crippen molar-refractivity contribution in [2.75, 3.05) is 19.6 Å². The predicted octanol–water partition coefficient (Wildman–Crippen LogP) is 3.12. The van der Waals surface area contributed by atoms with Crippen LogP contribution in [0.15, 0.2) is 24.3 Å². The molecule has 0 radical (unpaired) electrons. The first kappa shape index (κ1) is 9.72. The number of hydrogen-bond acceptors (Lipinski definition) is 0. The Kier molecular flexibility index (Phi) is 2.60. The second-order valence-electron chi connectivity index (χ2n) is 4.40. The van der Waals surface area contributed by atoms with Crippen LogP contribution in [0, 0.1) is 6.92 Å². The molecule has 1 aromatic rings. The van der Waals surface area contributed by atoms with Gasteiger partial charge in [-0.25, -0.2) is 0 Å². The van der Waals surface area contributed by atoms with E-state index in [4.69, 9.17) is 0 Å². The van der Waals surface area contributed by atoms with Crippen LogP contribution in [0.1, 0.15) is 25.3 Å². The molecule has 0 atom stereocenters. The predicted molar refractivity (Wildman–Crippen MR) is 62.5 cm³/mol. The highest BCUT2D eigenvalue weighted by molar-refractivity contribution is 5.50. The minimum absolute atomic E-state index is 1.21. The topological polar surface area (TPSA) is 0 Å². The van der Waals surface area contributed by atoms with Gasteiger partial charge in [-0.3, -0.25) is 4.48 Å². The molecule has 1 heteroatoms. The Bertz CT molecular complexity index is 311. The fourth-order valence-corrected chi connectivity index (χ4v) is 2.76. The molecular formula is C13H20N+. The molecule has 0 aliphatic carbocycles. The van der Waals surface area contributed by atoms with E-state index in [0.717, 1.165) is 0 Å². The molecule has 76 valence electrons. The van der Waals surface area contributed by atoms with Gasteiger partial charge < -0.3 is 0 Å². The first-order chi connectivity index (χ1) is 6.78. The Morgan fingerprint density at radius 2 is 1.79 bits per heavy atom. The molecule has 0 spiro atoms. The lowest BCUT2D eigenvalue weighted by Gasteiger charge is -2.33. The molecule has 0 aromatic heterocycles. The van der Waals surface area contributed by atoms with E-state index in [0.29, 0.717) is 0 Å². The van der Waals surface area contributed by atoms with Crippen molar-refractivity contribution in [3.05, 3.63) is 29.8 Å². The Morgan fingerprint density at radius 3 is 2.36 bits per heavy atom. The van der Waals surface area contributed by atoms with Gasteiger partial charge >= 0.3 is 0 Å². The van der Waals surface area contributed by atoms with E-state index in [2.05, 4.69) is 38.1 Å². The van der Waals surface area contributed by atoms with Crippen LogP contribution < -0.4 is 4.48 Å². The third-order valence-corrected chi connectivity index (χ3v) is 3.65. The van der Waals surface area contributed by atoms with Crippen LogP contribution in [-0.2, 0) is 0 Å². The van der Waals surface area contributed by atoms with Crippen LogP contribution in [0.5, 0.6) is 0 Å². The Morgan fingerprint density at radius 1 is 1.14 bits per heavy atom. The number of hydrogen-bond donors (Lipinski definition) is 0. The number of aryl methyl sites for hydroxylation is 1. The molecule has 0 amide bonds. The number of nitrogens with zero attached hydrogens (tertiary/aromatic N) is 1. The molecule has 2 rings (SSSR count). The van der Waals surface area contributed by atoms with Crippen molar-refractivity contribution in [3.8, 4) is 0 Å². The van der Waals surface area contributed by atoms with Gasteiger partial charge in [0, 0.05) is 18.4 Å². The minimum Gasteiger partial charge on any atom is -0.291 e. The maximum absolute atomic E-state index is 2.32. The second-order valence-corrected chi connectivity index (χ2v) is 4.40. The highest BCUT2D eigenvalue weighted by atomic mass is 15.4. The van der Waals surface area contributed by atoms with E-state index in [9.17, 15) is 0 Å². The molecule has 1 aromatic carbocycles. The number of likely N-dealkylation sites (tertiary alicyclic amines) is 1. The van der Waals surface area contributed by atoms with Gasteiger partial charge in [0.15, 0.2) is 0 Å². The van der Waals surface area contributed by atoms with Crippen LogP contribution in [0.4, 0.5) is 5.69 Å². The summed E-state index contributed by atoms with van der Waals surface area (Å²) in [5, 5.41) is 0. The molecule has 1 fully saturated rings. The molecule has 14 heavy (non-hydrogen) atoms. The molecule has 0 bridgehead atoms. The van der Waals surface area contributed by atoms with Gasteiger partial charge in [-0.2, -0.15) is 0 Å². The molecule has 1 nitrogen and oxygen atoms in total. The summed E-state index contributed by atoms with van der Waals surface area (Å²) < 4.78 is 1.21. The van der Waals surface area contributed by atoms with Gasteiger partial charge in [0.1, 0.15) is 5.69 Å². The van der Waals surface area contributed by atoms with E-state index in [1.807, 2.05) is 0 Å². The fourth-order valence-electron chi connectivity index (χ4n) is 2.76. The summed E-state index contributed by atoms with van der Waals surface area (Å²) in [6, 6.07) is 8.87. The molecule has 1 heterocycles. The summed E-state index contributed by atoms with van der Waals surface area (Å²) in [7, 11) is 0. The number of quaternary nitrogens is 1. The average Bonchev–Trinajstić information content (AvgIpc) is 2.68. The largest absolute Gasteiger partial charge is 0.291 e. The summed E-state index contributed by atoms with van der Waals surface area (Å²) in [6.07, 6.45) is 2.78. The van der Waals surface area contributed by atoms with Crippen molar-refractivity contribution in [1.82, 2.24) is 4.48 Å². The van der Waals surface area contributed by atoms with E-state index in [1.54, 1.807) is 5.69 Å². The number of para-hydroxylation sites is 1. The zero-order valence-electron chi connectivity index (χ0n) is 9.29. The normalized spacial score (nSPS) is 19.9. The van der Waals surface area contributed by atoms with Gasteiger partial charge in [0.05, 0.1) is 19.6 Å². The Labute approximate surface area is 86.9 Å². The van der Waals surface area contributed by atoms with Gasteiger partial charge in [-0.15, -0.1) is 0 Å². The van der Waals surface area contributed by atoms with Gasteiger partial charge in [0.25, 0.3) is 0 Å². The second kappa shape index (κ2) is 3.74. The first-order valence-corrected chi connectivity index (χ1v) is 5.71. The van der Waals surface area contributed by atoms with Crippen LogP contribution in [0.3, 0.4) is 0 Å². The van der Waals surface area contributed by atoms with Crippen LogP contribution >= 0.6 is 0 Å². The lowest BCUT2D eigenvalue weighted by atomic mass is 10.1. The molecule has 0 N–H and O–H groups in total. The summed E-state index contributed by atoms with van der Waals surface area (Å²) in [5.74, 6) is 0. The van der Waals surface area contributed by atoms with Crippen molar-refractivity contribution in [2.45, 2.75) is 26.7 Å². The van der Waals surface area contributed by atoms with Gasteiger partial charge in [-0.05, 0) is 19.9 Å².